The van der Waals surface area contributed by atoms with Gasteiger partial charge in [0.15, 0.2) is 0 Å². The highest BCUT2D eigenvalue weighted by atomic mass is 35.5. The number of carbonyl (C=O) groups is 1. The van der Waals surface area contributed by atoms with Crippen LogP contribution in [0.3, 0.4) is 0 Å². The van der Waals surface area contributed by atoms with Gasteiger partial charge in [-0.1, -0.05) is 23.2 Å². The molecule has 1 amide bonds. The second kappa shape index (κ2) is 8.14. The average molecular weight is 397 g/mol. The summed E-state index contributed by atoms with van der Waals surface area (Å²) in [6.45, 7) is 2.64. The van der Waals surface area contributed by atoms with Gasteiger partial charge in [0.2, 0.25) is 0 Å². The van der Waals surface area contributed by atoms with Crippen LogP contribution in [0.4, 0.5) is 10.1 Å². The van der Waals surface area contributed by atoms with E-state index in [1.807, 2.05) is 24.3 Å². The number of benzene rings is 2. The molecule has 7 heteroatoms. The van der Waals surface area contributed by atoms with Gasteiger partial charge in [-0.25, -0.2) is 4.39 Å². The lowest BCUT2D eigenvalue weighted by Crippen LogP contribution is -2.35. The van der Waals surface area contributed by atoms with Crippen molar-refractivity contribution in [2.45, 2.75) is 6.42 Å². The van der Waals surface area contributed by atoms with E-state index in [0.29, 0.717) is 19.6 Å². The maximum Gasteiger partial charge on any atom is 0.255 e. The molecule has 0 atom stereocenters. The molecule has 0 spiro atoms. The minimum absolute atomic E-state index is 0.0897. The summed E-state index contributed by atoms with van der Waals surface area (Å²) in [5, 5.41) is 0.0748. The molecule has 0 saturated carbocycles. The molecule has 3 rings (SSSR count). The number of carbonyl (C=O) groups excluding carboxylic acids is 1. The van der Waals surface area contributed by atoms with E-state index in [4.69, 9.17) is 27.9 Å². The van der Waals surface area contributed by atoms with Gasteiger partial charge < -0.3 is 14.5 Å². The fourth-order valence-corrected chi connectivity index (χ4v) is 3.49. The summed E-state index contributed by atoms with van der Waals surface area (Å²) in [7, 11) is 1.63. The van der Waals surface area contributed by atoms with Gasteiger partial charge in [-0.15, -0.1) is 0 Å². The summed E-state index contributed by atoms with van der Waals surface area (Å²) in [4.78, 5) is 16.7. The quantitative estimate of drug-likeness (QED) is 0.716. The molecule has 0 radical (unpaired) electrons. The minimum atomic E-state index is -0.644. The molecule has 1 aliphatic heterocycles. The summed E-state index contributed by atoms with van der Waals surface area (Å²) in [5.41, 5.74) is 1.22. The van der Waals surface area contributed by atoms with E-state index in [9.17, 15) is 9.18 Å². The van der Waals surface area contributed by atoms with Crippen LogP contribution < -0.4 is 9.64 Å². The van der Waals surface area contributed by atoms with Crippen LogP contribution in [0.5, 0.6) is 5.75 Å². The van der Waals surface area contributed by atoms with Crippen LogP contribution in [0.1, 0.15) is 16.8 Å². The van der Waals surface area contributed by atoms with Crippen LogP contribution >= 0.6 is 23.2 Å². The molecule has 1 fully saturated rings. The Hall–Kier alpha value is -1.98. The van der Waals surface area contributed by atoms with Gasteiger partial charge in [0, 0.05) is 31.9 Å². The Morgan fingerprint density at radius 1 is 1.04 bits per heavy atom. The third-order valence-electron chi connectivity index (χ3n) is 4.46. The Balaban J connectivity index is 1.71. The van der Waals surface area contributed by atoms with Gasteiger partial charge in [0.25, 0.3) is 5.91 Å². The van der Waals surface area contributed by atoms with Crippen molar-refractivity contribution in [2.75, 3.05) is 38.2 Å². The Kier molecular flexibility index (Phi) is 5.89. The first-order valence-corrected chi connectivity index (χ1v) is 9.08. The molecular weight excluding hydrogens is 378 g/mol. The van der Waals surface area contributed by atoms with Crippen molar-refractivity contribution in [1.29, 1.82) is 0 Å². The number of rotatable bonds is 3. The van der Waals surface area contributed by atoms with Crippen LogP contribution in [-0.4, -0.2) is 44.1 Å². The van der Waals surface area contributed by atoms with E-state index in [-0.39, 0.29) is 21.5 Å². The van der Waals surface area contributed by atoms with E-state index in [2.05, 4.69) is 4.90 Å². The van der Waals surface area contributed by atoms with E-state index >= 15 is 0 Å². The first-order chi connectivity index (χ1) is 12.5. The van der Waals surface area contributed by atoms with Crippen LogP contribution in [0.25, 0.3) is 0 Å². The maximum absolute atomic E-state index is 13.7. The van der Waals surface area contributed by atoms with Crippen LogP contribution in [-0.2, 0) is 0 Å². The first kappa shape index (κ1) is 18.8. The maximum atomic E-state index is 13.7. The highest BCUT2D eigenvalue weighted by Gasteiger charge is 2.23. The number of ether oxygens (including phenoxy) is 1. The van der Waals surface area contributed by atoms with Crippen LogP contribution in [0.2, 0.25) is 10.0 Å². The Morgan fingerprint density at radius 2 is 1.77 bits per heavy atom. The van der Waals surface area contributed by atoms with Gasteiger partial charge in [0.1, 0.15) is 11.6 Å². The molecule has 2 aromatic carbocycles. The topological polar surface area (TPSA) is 32.8 Å². The van der Waals surface area contributed by atoms with Crippen LogP contribution in [0, 0.1) is 5.82 Å². The summed E-state index contributed by atoms with van der Waals surface area (Å²) < 4.78 is 18.9. The summed E-state index contributed by atoms with van der Waals surface area (Å²) in [6, 6.07) is 10.2. The van der Waals surface area contributed by atoms with Crippen molar-refractivity contribution in [3.05, 3.63) is 57.8 Å². The van der Waals surface area contributed by atoms with Gasteiger partial charge >= 0.3 is 0 Å². The van der Waals surface area contributed by atoms with Crippen molar-refractivity contribution in [1.82, 2.24) is 4.90 Å². The molecule has 1 saturated heterocycles. The van der Waals surface area contributed by atoms with Gasteiger partial charge in [0.05, 0.1) is 22.7 Å². The standard InChI is InChI=1S/C19H19Cl2FN2O2/c1-26-14-5-3-13(4-6-14)23-7-2-8-24(10-9-23)19(25)15-11-18(22)17(21)12-16(15)20/h3-6,11-12H,2,7-10H2,1H3. The largest absolute Gasteiger partial charge is 0.497 e. The molecule has 1 heterocycles. The monoisotopic (exact) mass is 396 g/mol. The highest BCUT2D eigenvalue weighted by molar-refractivity contribution is 6.36. The lowest BCUT2D eigenvalue weighted by atomic mass is 10.2. The predicted octanol–water partition coefficient (Wildman–Crippen LogP) is 4.49. The van der Waals surface area contributed by atoms with Crippen molar-refractivity contribution in [2.24, 2.45) is 0 Å². The second-order valence-electron chi connectivity index (χ2n) is 6.08. The summed E-state index contributed by atoms with van der Waals surface area (Å²) in [6.07, 6.45) is 0.811. The predicted molar refractivity (Wildman–Crippen MR) is 102 cm³/mol. The molecule has 138 valence electrons. The minimum Gasteiger partial charge on any atom is -0.497 e. The van der Waals surface area contributed by atoms with Crippen LogP contribution in [0.15, 0.2) is 36.4 Å². The zero-order chi connectivity index (χ0) is 18.7. The molecular formula is C19H19Cl2FN2O2. The number of anilines is 1. The van der Waals surface area contributed by atoms with E-state index < -0.39 is 5.82 Å². The Labute approximate surface area is 162 Å². The van der Waals surface area contributed by atoms with E-state index in [0.717, 1.165) is 30.5 Å². The van der Waals surface area contributed by atoms with Crippen molar-refractivity contribution < 1.29 is 13.9 Å². The fourth-order valence-electron chi connectivity index (χ4n) is 3.03. The highest BCUT2D eigenvalue weighted by Crippen LogP contribution is 2.26. The van der Waals surface area contributed by atoms with Gasteiger partial charge in [-0.05, 0) is 42.8 Å². The van der Waals surface area contributed by atoms with E-state index in [1.54, 1.807) is 12.0 Å². The van der Waals surface area contributed by atoms with Gasteiger partial charge in [-0.2, -0.15) is 0 Å². The lowest BCUT2D eigenvalue weighted by molar-refractivity contribution is 0.0766. The molecule has 0 unspecified atom stereocenters. The zero-order valence-electron chi connectivity index (χ0n) is 14.3. The Bertz CT molecular complexity index is 799. The van der Waals surface area contributed by atoms with Crippen molar-refractivity contribution >= 4 is 34.8 Å². The average Bonchev–Trinajstić information content (AvgIpc) is 2.90. The molecule has 0 aromatic heterocycles. The zero-order valence-corrected chi connectivity index (χ0v) is 15.9. The summed E-state index contributed by atoms with van der Waals surface area (Å²) >= 11 is 11.8. The number of halogens is 3. The number of nitrogens with zero attached hydrogens (tertiary/aromatic N) is 2. The fraction of sp³-hybridized carbons (Fsp3) is 0.316. The number of hydrogen-bond acceptors (Lipinski definition) is 3. The molecule has 0 bridgehead atoms. The smallest absolute Gasteiger partial charge is 0.255 e. The SMILES string of the molecule is COc1ccc(N2CCCN(C(=O)c3cc(F)c(Cl)cc3Cl)CC2)cc1. The molecule has 0 N–H and O–H groups in total. The molecule has 1 aliphatic rings. The second-order valence-corrected chi connectivity index (χ2v) is 6.89. The molecule has 4 nitrogen and oxygen atoms in total. The van der Waals surface area contributed by atoms with Gasteiger partial charge in [-0.3, -0.25) is 4.79 Å². The lowest BCUT2D eigenvalue weighted by Gasteiger charge is -2.24. The Morgan fingerprint density at radius 3 is 2.46 bits per heavy atom. The van der Waals surface area contributed by atoms with Crippen molar-refractivity contribution in [3.8, 4) is 5.75 Å². The molecule has 2 aromatic rings. The number of amides is 1. The molecule has 0 aliphatic carbocycles. The van der Waals surface area contributed by atoms with E-state index in [1.165, 1.54) is 6.07 Å². The third kappa shape index (κ3) is 4.05. The molecule has 26 heavy (non-hydrogen) atoms. The number of methoxy groups -OCH3 is 1. The first-order valence-electron chi connectivity index (χ1n) is 8.32. The van der Waals surface area contributed by atoms with Crippen molar-refractivity contribution in [3.63, 3.8) is 0 Å². The number of hydrogen-bond donors (Lipinski definition) is 0. The normalized spacial score (nSPS) is 14.9. The third-order valence-corrected chi connectivity index (χ3v) is 5.06. The summed E-state index contributed by atoms with van der Waals surface area (Å²) in [5.74, 6) is -0.115.